The molecular formula is C14H13NO2. The van der Waals surface area contributed by atoms with Crippen molar-refractivity contribution in [2.75, 3.05) is 7.11 Å². The summed E-state index contributed by atoms with van der Waals surface area (Å²) in [5.41, 5.74) is 2.41. The average molecular weight is 227 g/mol. The number of aromatic nitrogens is 1. The van der Waals surface area contributed by atoms with E-state index in [9.17, 15) is 4.79 Å². The molecular weight excluding hydrogens is 214 g/mol. The van der Waals surface area contributed by atoms with E-state index < -0.39 is 0 Å². The van der Waals surface area contributed by atoms with Crippen molar-refractivity contribution in [3.8, 4) is 5.75 Å². The van der Waals surface area contributed by atoms with Gasteiger partial charge in [-0.05, 0) is 25.0 Å². The minimum Gasteiger partial charge on any atom is -0.496 e. The molecule has 0 unspecified atom stereocenters. The molecule has 86 valence electrons. The number of fused-ring (bicyclic) bond motifs is 2. The SMILES string of the molecule is COc1c2c(nc3ccccc13)C(=O)CCC2. The van der Waals surface area contributed by atoms with Crippen LogP contribution in [0, 0.1) is 0 Å². The van der Waals surface area contributed by atoms with E-state index in [-0.39, 0.29) is 5.78 Å². The van der Waals surface area contributed by atoms with Crippen LogP contribution in [-0.2, 0) is 6.42 Å². The molecule has 1 aliphatic rings. The Morgan fingerprint density at radius 2 is 2.06 bits per heavy atom. The third-order valence-electron chi connectivity index (χ3n) is 3.24. The van der Waals surface area contributed by atoms with Gasteiger partial charge in [-0.2, -0.15) is 0 Å². The number of hydrogen-bond donors (Lipinski definition) is 0. The molecule has 0 N–H and O–H groups in total. The first-order chi connectivity index (χ1) is 8.31. The molecule has 0 fully saturated rings. The van der Waals surface area contributed by atoms with Gasteiger partial charge in [-0.3, -0.25) is 4.79 Å². The van der Waals surface area contributed by atoms with Crippen LogP contribution in [0.2, 0.25) is 0 Å². The van der Waals surface area contributed by atoms with Gasteiger partial charge in [0.15, 0.2) is 5.78 Å². The Kier molecular flexibility index (Phi) is 2.32. The van der Waals surface area contributed by atoms with Crippen molar-refractivity contribution >= 4 is 16.7 Å². The first kappa shape index (κ1) is 10.3. The fourth-order valence-corrected chi connectivity index (χ4v) is 2.46. The number of hydrogen-bond acceptors (Lipinski definition) is 3. The topological polar surface area (TPSA) is 39.2 Å². The van der Waals surface area contributed by atoms with Gasteiger partial charge in [-0.25, -0.2) is 4.98 Å². The molecule has 17 heavy (non-hydrogen) atoms. The lowest BCUT2D eigenvalue weighted by Gasteiger charge is -2.18. The standard InChI is InChI=1S/C14H13NO2/c1-17-14-9-5-2-3-7-11(9)15-13-10(14)6-4-8-12(13)16/h2-3,5,7H,4,6,8H2,1H3. The number of rotatable bonds is 1. The maximum atomic E-state index is 11.9. The quantitative estimate of drug-likeness (QED) is 0.752. The Bertz CT molecular complexity index is 604. The number of ketones is 1. The van der Waals surface area contributed by atoms with Crippen molar-refractivity contribution in [1.82, 2.24) is 4.98 Å². The number of nitrogens with zero attached hydrogens (tertiary/aromatic N) is 1. The van der Waals surface area contributed by atoms with E-state index in [1.165, 1.54) is 0 Å². The second-order valence-corrected chi connectivity index (χ2v) is 4.27. The summed E-state index contributed by atoms with van der Waals surface area (Å²) in [6.45, 7) is 0. The molecule has 1 aromatic heterocycles. The maximum absolute atomic E-state index is 11.9. The molecule has 2 aromatic rings. The molecule has 1 heterocycles. The lowest BCUT2D eigenvalue weighted by atomic mass is 9.92. The Hall–Kier alpha value is -1.90. The molecule has 0 saturated carbocycles. The summed E-state index contributed by atoms with van der Waals surface area (Å²) >= 11 is 0. The van der Waals surface area contributed by atoms with E-state index in [1.54, 1.807) is 7.11 Å². The molecule has 0 bridgehead atoms. The molecule has 0 saturated heterocycles. The van der Waals surface area contributed by atoms with Gasteiger partial charge < -0.3 is 4.74 Å². The molecule has 0 aliphatic heterocycles. The third-order valence-corrected chi connectivity index (χ3v) is 3.24. The van der Waals surface area contributed by atoms with Crippen molar-refractivity contribution < 1.29 is 9.53 Å². The van der Waals surface area contributed by atoms with Gasteiger partial charge in [0, 0.05) is 17.4 Å². The Morgan fingerprint density at radius 3 is 2.88 bits per heavy atom. The second kappa shape index (κ2) is 3.84. The smallest absolute Gasteiger partial charge is 0.181 e. The highest BCUT2D eigenvalue weighted by Crippen LogP contribution is 2.34. The van der Waals surface area contributed by atoms with Crippen LogP contribution in [0.4, 0.5) is 0 Å². The normalized spacial score (nSPS) is 14.8. The largest absolute Gasteiger partial charge is 0.496 e. The van der Waals surface area contributed by atoms with Crippen molar-refractivity contribution in [3.05, 3.63) is 35.5 Å². The minimum absolute atomic E-state index is 0.135. The molecule has 3 nitrogen and oxygen atoms in total. The van der Waals surface area contributed by atoms with Crippen LogP contribution >= 0.6 is 0 Å². The van der Waals surface area contributed by atoms with Gasteiger partial charge in [0.1, 0.15) is 11.4 Å². The zero-order valence-corrected chi connectivity index (χ0v) is 9.69. The van der Waals surface area contributed by atoms with E-state index in [4.69, 9.17) is 4.74 Å². The van der Waals surface area contributed by atoms with Gasteiger partial charge >= 0.3 is 0 Å². The fourth-order valence-electron chi connectivity index (χ4n) is 2.46. The summed E-state index contributed by atoms with van der Waals surface area (Å²) in [6.07, 6.45) is 2.37. The summed E-state index contributed by atoms with van der Waals surface area (Å²) in [4.78, 5) is 16.4. The van der Waals surface area contributed by atoms with Crippen LogP contribution in [0.25, 0.3) is 10.9 Å². The number of para-hydroxylation sites is 1. The van der Waals surface area contributed by atoms with E-state index >= 15 is 0 Å². The number of pyridine rings is 1. The van der Waals surface area contributed by atoms with Crippen LogP contribution in [0.3, 0.4) is 0 Å². The Morgan fingerprint density at radius 1 is 1.24 bits per heavy atom. The van der Waals surface area contributed by atoms with Crippen LogP contribution in [0.5, 0.6) is 5.75 Å². The van der Waals surface area contributed by atoms with Gasteiger partial charge in [0.05, 0.1) is 12.6 Å². The van der Waals surface area contributed by atoms with Crippen LogP contribution < -0.4 is 4.74 Å². The lowest BCUT2D eigenvalue weighted by Crippen LogP contribution is -2.14. The molecule has 0 atom stereocenters. The first-order valence-electron chi connectivity index (χ1n) is 5.80. The fraction of sp³-hybridized carbons (Fsp3) is 0.286. The zero-order chi connectivity index (χ0) is 11.8. The second-order valence-electron chi connectivity index (χ2n) is 4.27. The van der Waals surface area contributed by atoms with Crippen LogP contribution in [0.15, 0.2) is 24.3 Å². The summed E-state index contributed by atoms with van der Waals surface area (Å²) in [5, 5.41) is 0.989. The highest BCUT2D eigenvalue weighted by atomic mass is 16.5. The van der Waals surface area contributed by atoms with Gasteiger partial charge in [0.25, 0.3) is 0 Å². The predicted octanol–water partition coefficient (Wildman–Crippen LogP) is 2.76. The van der Waals surface area contributed by atoms with E-state index in [2.05, 4.69) is 4.98 Å². The summed E-state index contributed by atoms with van der Waals surface area (Å²) in [7, 11) is 1.65. The third kappa shape index (κ3) is 1.50. The van der Waals surface area contributed by atoms with Crippen molar-refractivity contribution in [3.63, 3.8) is 0 Å². The van der Waals surface area contributed by atoms with Crippen molar-refractivity contribution in [2.45, 2.75) is 19.3 Å². The maximum Gasteiger partial charge on any atom is 0.181 e. The molecule has 3 rings (SSSR count). The molecule has 3 heteroatoms. The number of carbonyl (C=O) groups excluding carboxylic acids is 1. The van der Waals surface area contributed by atoms with E-state index in [0.29, 0.717) is 12.1 Å². The number of ether oxygens (including phenoxy) is 1. The van der Waals surface area contributed by atoms with Gasteiger partial charge in [-0.15, -0.1) is 0 Å². The zero-order valence-electron chi connectivity index (χ0n) is 9.69. The summed E-state index contributed by atoms with van der Waals surface area (Å²) in [5.74, 6) is 0.953. The van der Waals surface area contributed by atoms with Gasteiger partial charge in [-0.1, -0.05) is 12.1 Å². The Labute approximate surface area is 99.4 Å². The minimum atomic E-state index is 0.135. The van der Waals surface area contributed by atoms with Crippen LogP contribution in [-0.4, -0.2) is 17.9 Å². The molecule has 0 spiro atoms. The first-order valence-corrected chi connectivity index (χ1v) is 5.80. The summed E-state index contributed by atoms with van der Waals surface area (Å²) in [6, 6.07) is 7.79. The van der Waals surface area contributed by atoms with E-state index in [1.807, 2.05) is 24.3 Å². The predicted molar refractivity (Wildman–Crippen MR) is 65.6 cm³/mol. The highest BCUT2D eigenvalue weighted by Gasteiger charge is 2.24. The number of carbonyl (C=O) groups is 1. The molecule has 0 amide bonds. The number of Topliss-reactive ketones (excluding diaryl/α,β-unsaturated/α-hetero) is 1. The monoisotopic (exact) mass is 227 g/mol. The average Bonchev–Trinajstić information content (AvgIpc) is 2.37. The highest BCUT2D eigenvalue weighted by molar-refractivity contribution is 6.01. The van der Waals surface area contributed by atoms with Crippen molar-refractivity contribution in [2.24, 2.45) is 0 Å². The number of methoxy groups -OCH3 is 1. The van der Waals surface area contributed by atoms with E-state index in [0.717, 1.165) is 35.1 Å². The molecule has 1 aromatic carbocycles. The molecule has 0 radical (unpaired) electrons. The summed E-state index contributed by atoms with van der Waals surface area (Å²) < 4.78 is 5.48. The van der Waals surface area contributed by atoms with Gasteiger partial charge in [0.2, 0.25) is 0 Å². The Balaban J connectivity index is 2.40. The lowest BCUT2D eigenvalue weighted by molar-refractivity contribution is 0.0967. The molecule has 1 aliphatic carbocycles. The van der Waals surface area contributed by atoms with Crippen LogP contribution in [0.1, 0.15) is 28.9 Å². The van der Waals surface area contributed by atoms with Crippen molar-refractivity contribution in [1.29, 1.82) is 0 Å². The number of benzene rings is 1.